The van der Waals surface area contributed by atoms with Crippen LogP contribution in [-0.2, 0) is 11.2 Å². The maximum atomic E-state index is 11.0. The zero-order valence-corrected chi connectivity index (χ0v) is 9.67. The zero-order chi connectivity index (χ0) is 13.4. The molecule has 18 heavy (non-hydrogen) atoms. The number of aliphatic hydroxyl groups excluding tert-OH is 1. The van der Waals surface area contributed by atoms with E-state index in [0.717, 1.165) is 5.56 Å². The summed E-state index contributed by atoms with van der Waals surface area (Å²) in [6, 6.07) is 6.11. The SMILES string of the molecule is O=C(NCCc1ccc([N+](=O)[O-])cc1)OCCO. The predicted octanol–water partition coefficient (Wildman–Crippen LogP) is 0.856. The molecule has 0 bridgehead atoms. The number of ether oxygens (including phenoxy) is 1. The molecule has 98 valence electrons. The Labute approximate surface area is 104 Å². The number of carbonyl (C=O) groups excluding carboxylic acids is 1. The lowest BCUT2D eigenvalue weighted by molar-refractivity contribution is -0.384. The smallest absolute Gasteiger partial charge is 0.407 e. The highest BCUT2D eigenvalue weighted by Crippen LogP contribution is 2.11. The number of hydrogen-bond donors (Lipinski definition) is 2. The van der Waals surface area contributed by atoms with Gasteiger partial charge in [0.1, 0.15) is 6.61 Å². The van der Waals surface area contributed by atoms with Crippen molar-refractivity contribution < 1.29 is 19.6 Å². The minimum atomic E-state index is -0.592. The summed E-state index contributed by atoms with van der Waals surface area (Å²) in [5, 5.41) is 21.4. The highest BCUT2D eigenvalue weighted by Gasteiger charge is 2.04. The molecular formula is C11H14N2O5. The van der Waals surface area contributed by atoms with E-state index in [1.165, 1.54) is 12.1 Å². The van der Waals surface area contributed by atoms with Crippen LogP contribution in [0.25, 0.3) is 0 Å². The molecule has 0 aliphatic rings. The Kier molecular flexibility index (Phi) is 5.59. The van der Waals surface area contributed by atoms with E-state index in [-0.39, 0.29) is 18.9 Å². The average Bonchev–Trinajstić information content (AvgIpc) is 2.37. The molecule has 7 heteroatoms. The van der Waals surface area contributed by atoms with E-state index < -0.39 is 11.0 Å². The number of nitrogens with one attached hydrogen (secondary N) is 1. The molecule has 1 aromatic rings. The van der Waals surface area contributed by atoms with Crippen molar-refractivity contribution in [2.24, 2.45) is 0 Å². The summed E-state index contributed by atoms with van der Waals surface area (Å²) in [4.78, 5) is 21.0. The number of aliphatic hydroxyl groups is 1. The van der Waals surface area contributed by atoms with Crippen LogP contribution < -0.4 is 5.32 Å². The van der Waals surface area contributed by atoms with Gasteiger partial charge in [-0.2, -0.15) is 0 Å². The van der Waals surface area contributed by atoms with E-state index in [1.807, 2.05) is 0 Å². The standard InChI is InChI=1S/C11H14N2O5/c14-7-8-18-11(15)12-6-5-9-1-3-10(4-2-9)13(16)17/h1-4,14H,5-8H2,(H,12,15). The van der Waals surface area contributed by atoms with Crippen LogP contribution in [0.1, 0.15) is 5.56 Å². The van der Waals surface area contributed by atoms with Crippen LogP contribution in [0.5, 0.6) is 0 Å². The number of rotatable bonds is 6. The normalized spacial score (nSPS) is 9.83. The van der Waals surface area contributed by atoms with E-state index in [0.29, 0.717) is 13.0 Å². The molecule has 0 spiro atoms. The van der Waals surface area contributed by atoms with Crippen molar-refractivity contribution in [3.63, 3.8) is 0 Å². The molecule has 0 heterocycles. The largest absolute Gasteiger partial charge is 0.447 e. The van der Waals surface area contributed by atoms with Crippen LogP contribution in [0.2, 0.25) is 0 Å². The Morgan fingerprint density at radius 2 is 2.06 bits per heavy atom. The van der Waals surface area contributed by atoms with E-state index in [2.05, 4.69) is 10.1 Å². The Morgan fingerprint density at radius 3 is 2.61 bits per heavy atom. The van der Waals surface area contributed by atoms with Gasteiger partial charge in [-0.1, -0.05) is 12.1 Å². The van der Waals surface area contributed by atoms with Crippen LogP contribution in [0.15, 0.2) is 24.3 Å². The highest BCUT2D eigenvalue weighted by molar-refractivity contribution is 5.67. The summed E-state index contributed by atoms with van der Waals surface area (Å²) in [6.45, 7) is 0.112. The van der Waals surface area contributed by atoms with Gasteiger partial charge in [0.15, 0.2) is 0 Å². The van der Waals surface area contributed by atoms with Gasteiger partial charge < -0.3 is 15.2 Å². The first-order valence-corrected chi connectivity index (χ1v) is 5.38. The number of nitro benzene ring substituents is 1. The van der Waals surface area contributed by atoms with E-state index in [1.54, 1.807) is 12.1 Å². The second kappa shape index (κ2) is 7.23. The maximum absolute atomic E-state index is 11.0. The lowest BCUT2D eigenvalue weighted by Gasteiger charge is -2.05. The number of nitrogens with zero attached hydrogens (tertiary/aromatic N) is 1. The van der Waals surface area contributed by atoms with Crippen molar-refractivity contribution in [3.8, 4) is 0 Å². The summed E-state index contributed by atoms with van der Waals surface area (Å²) in [6.07, 6.45) is -0.0439. The van der Waals surface area contributed by atoms with Gasteiger partial charge in [-0.15, -0.1) is 0 Å². The van der Waals surface area contributed by atoms with Crippen LogP contribution in [0.3, 0.4) is 0 Å². The molecule has 0 atom stereocenters. The lowest BCUT2D eigenvalue weighted by atomic mass is 10.1. The molecule has 0 radical (unpaired) electrons. The van der Waals surface area contributed by atoms with Crippen molar-refractivity contribution >= 4 is 11.8 Å². The van der Waals surface area contributed by atoms with Crippen LogP contribution in [0, 0.1) is 10.1 Å². The molecule has 0 aliphatic heterocycles. The average molecular weight is 254 g/mol. The summed E-state index contributed by atoms with van der Waals surface area (Å²) in [7, 11) is 0. The second-order valence-corrected chi connectivity index (χ2v) is 3.46. The topological polar surface area (TPSA) is 102 Å². The third-order valence-electron chi connectivity index (χ3n) is 2.15. The van der Waals surface area contributed by atoms with Gasteiger partial charge in [0.25, 0.3) is 5.69 Å². The second-order valence-electron chi connectivity index (χ2n) is 3.46. The van der Waals surface area contributed by atoms with E-state index >= 15 is 0 Å². The molecule has 0 saturated heterocycles. The third kappa shape index (κ3) is 4.79. The number of alkyl carbamates (subject to hydrolysis) is 1. The molecular weight excluding hydrogens is 240 g/mol. The monoisotopic (exact) mass is 254 g/mol. The molecule has 1 aromatic carbocycles. The van der Waals surface area contributed by atoms with Gasteiger partial charge in [0.2, 0.25) is 0 Å². The Balaban J connectivity index is 2.31. The number of nitro groups is 1. The number of non-ortho nitro benzene ring substituents is 1. The van der Waals surface area contributed by atoms with Gasteiger partial charge >= 0.3 is 6.09 Å². The lowest BCUT2D eigenvalue weighted by Crippen LogP contribution is -2.27. The number of benzene rings is 1. The van der Waals surface area contributed by atoms with Gasteiger partial charge in [-0.25, -0.2) is 4.79 Å². The molecule has 0 fully saturated rings. The number of carbonyl (C=O) groups is 1. The first kappa shape index (κ1) is 13.9. The Morgan fingerprint density at radius 1 is 1.39 bits per heavy atom. The highest BCUT2D eigenvalue weighted by atomic mass is 16.6. The van der Waals surface area contributed by atoms with Crippen molar-refractivity contribution in [3.05, 3.63) is 39.9 Å². The molecule has 0 aromatic heterocycles. The molecule has 1 amide bonds. The van der Waals surface area contributed by atoms with Gasteiger partial charge in [0.05, 0.1) is 11.5 Å². The fourth-order valence-electron chi connectivity index (χ4n) is 1.28. The van der Waals surface area contributed by atoms with Crippen LogP contribution in [0.4, 0.5) is 10.5 Å². The molecule has 0 unspecified atom stereocenters. The first-order chi connectivity index (χ1) is 8.63. The summed E-state index contributed by atoms with van der Waals surface area (Å²) < 4.78 is 4.59. The fraction of sp³-hybridized carbons (Fsp3) is 0.364. The zero-order valence-electron chi connectivity index (χ0n) is 9.67. The fourth-order valence-corrected chi connectivity index (χ4v) is 1.28. The molecule has 0 aliphatic carbocycles. The Hall–Kier alpha value is -2.15. The summed E-state index contributed by atoms with van der Waals surface area (Å²) in [5.74, 6) is 0. The van der Waals surface area contributed by atoms with Gasteiger partial charge in [0, 0.05) is 18.7 Å². The van der Waals surface area contributed by atoms with E-state index in [4.69, 9.17) is 5.11 Å². The van der Waals surface area contributed by atoms with Crippen LogP contribution >= 0.6 is 0 Å². The first-order valence-electron chi connectivity index (χ1n) is 5.38. The summed E-state index contributed by atoms with van der Waals surface area (Å²) in [5.41, 5.74) is 0.914. The quantitative estimate of drug-likeness (QED) is 0.579. The maximum Gasteiger partial charge on any atom is 0.407 e. The summed E-state index contributed by atoms with van der Waals surface area (Å²) >= 11 is 0. The predicted molar refractivity (Wildman–Crippen MR) is 63.2 cm³/mol. The molecule has 7 nitrogen and oxygen atoms in total. The van der Waals surface area contributed by atoms with Gasteiger partial charge in [-0.05, 0) is 12.0 Å². The van der Waals surface area contributed by atoms with Crippen LogP contribution in [-0.4, -0.2) is 35.9 Å². The van der Waals surface area contributed by atoms with E-state index in [9.17, 15) is 14.9 Å². The minimum Gasteiger partial charge on any atom is -0.447 e. The minimum absolute atomic E-state index is 0.0362. The third-order valence-corrected chi connectivity index (χ3v) is 2.15. The number of hydrogen-bond acceptors (Lipinski definition) is 5. The van der Waals surface area contributed by atoms with Crippen molar-refractivity contribution in [2.45, 2.75) is 6.42 Å². The van der Waals surface area contributed by atoms with Gasteiger partial charge in [-0.3, -0.25) is 10.1 Å². The Bertz CT molecular complexity index is 404. The van der Waals surface area contributed by atoms with Crippen molar-refractivity contribution in [1.29, 1.82) is 0 Å². The molecule has 0 saturated carbocycles. The number of amides is 1. The van der Waals surface area contributed by atoms with Crippen molar-refractivity contribution in [2.75, 3.05) is 19.8 Å². The molecule has 2 N–H and O–H groups in total. The van der Waals surface area contributed by atoms with Crippen molar-refractivity contribution in [1.82, 2.24) is 5.32 Å². The molecule has 1 rings (SSSR count).